The van der Waals surface area contributed by atoms with Crippen molar-refractivity contribution >= 4 is 11.9 Å². The minimum atomic E-state index is -0.684. The lowest BCUT2D eigenvalue weighted by atomic mass is 10.1. The van der Waals surface area contributed by atoms with Crippen molar-refractivity contribution in [2.45, 2.75) is 25.7 Å². The highest BCUT2D eigenvalue weighted by Crippen LogP contribution is 2.19. The largest absolute Gasteiger partial charge is 0.423 e. The van der Waals surface area contributed by atoms with Gasteiger partial charge in [-0.2, -0.15) is 0 Å². The van der Waals surface area contributed by atoms with Crippen LogP contribution >= 0.6 is 0 Å². The van der Waals surface area contributed by atoms with Crippen molar-refractivity contribution in [2.24, 2.45) is 0 Å². The Bertz CT molecular complexity index is 1130. The molecule has 0 aliphatic carbocycles. The van der Waals surface area contributed by atoms with E-state index < -0.39 is 17.8 Å². The lowest BCUT2D eigenvalue weighted by molar-refractivity contribution is 0.0730. The average molecular weight is 445 g/mol. The minimum absolute atomic E-state index is 0.106. The third-order valence-corrected chi connectivity index (χ3v) is 4.98. The fraction of sp³-hybridized carbons (Fsp3) is 0.143. The van der Waals surface area contributed by atoms with Gasteiger partial charge in [-0.3, -0.25) is 0 Å². The summed E-state index contributed by atoms with van der Waals surface area (Å²) in [5.41, 5.74) is 2.06. The molecular formula is C28H25FO4. The van der Waals surface area contributed by atoms with Crippen molar-refractivity contribution in [3.05, 3.63) is 120 Å². The molecule has 0 amide bonds. The highest BCUT2D eigenvalue weighted by atomic mass is 19.1. The van der Waals surface area contributed by atoms with E-state index in [2.05, 4.69) is 13.2 Å². The topological polar surface area (TPSA) is 52.6 Å². The van der Waals surface area contributed by atoms with E-state index >= 15 is 0 Å². The number of allylic oxidation sites excluding steroid dienone is 2. The summed E-state index contributed by atoms with van der Waals surface area (Å²) in [6.07, 6.45) is 6.49. The molecule has 33 heavy (non-hydrogen) atoms. The molecule has 3 rings (SSSR count). The fourth-order valence-corrected chi connectivity index (χ4v) is 3.12. The summed E-state index contributed by atoms with van der Waals surface area (Å²) in [7, 11) is 0. The molecule has 4 nitrogen and oxygen atoms in total. The van der Waals surface area contributed by atoms with E-state index in [4.69, 9.17) is 9.47 Å². The first-order valence-corrected chi connectivity index (χ1v) is 10.6. The molecule has 0 heterocycles. The van der Waals surface area contributed by atoms with Gasteiger partial charge in [0, 0.05) is 0 Å². The van der Waals surface area contributed by atoms with Crippen molar-refractivity contribution in [3.63, 3.8) is 0 Å². The summed E-state index contributed by atoms with van der Waals surface area (Å²) >= 11 is 0. The standard InChI is InChI=1S/C28H25FO4/c1-3-5-7-20-9-15-24(16-10-20)32-27(30)22-13-17-25(18-14-22)33-28(31)23-12-11-21(8-6-4-2)26(29)19-23/h3-4,9-19H,1-2,5-8H2. The smallest absolute Gasteiger partial charge is 0.343 e. The quantitative estimate of drug-likeness (QED) is 0.203. The van der Waals surface area contributed by atoms with Crippen LogP contribution in [0, 0.1) is 5.82 Å². The van der Waals surface area contributed by atoms with Gasteiger partial charge in [-0.25, -0.2) is 14.0 Å². The first-order chi connectivity index (χ1) is 16.0. The van der Waals surface area contributed by atoms with Crippen LogP contribution in [0.25, 0.3) is 0 Å². The highest BCUT2D eigenvalue weighted by molar-refractivity contribution is 5.92. The summed E-state index contributed by atoms with van der Waals surface area (Å²) in [4.78, 5) is 24.7. The van der Waals surface area contributed by atoms with Crippen LogP contribution in [0.15, 0.2) is 92.0 Å². The zero-order valence-electron chi connectivity index (χ0n) is 18.3. The number of benzene rings is 3. The monoisotopic (exact) mass is 444 g/mol. The molecule has 0 saturated heterocycles. The van der Waals surface area contributed by atoms with Crippen molar-refractivity contribution < 1.29 is 23.5 Å². The van der Waals surface area contributed by atoms with Gasteiger partial charge in [-0.05, 0) is 85.3 Å². The van der Waals surface area contributed by atoms with Crippen molar-refractivity contribution in [2.75, 3.05) is 0 Å². The Labute approximate surface area is 193 Å². The van der Waals surface area contributed by atoms with E-state index in [0.29, 0.717) is 29.7 Å². The van der Waals surface area contributed by atoms with Crippen molar-refractivity contribution in [1.82, 2.24) is 0 Å². The summed E-state index contributed by atoms with van der Waals surface area (Å²) in [5, 5.41) is 0. The van der Waals surface area contributed by atoms with E-state index in [1.807, 2.05) is 18.2 Å². The van der Waals surface area contributed by atoms with Gasteiger partial charge in [0.2, 0.25) is 0 Å². The second kappa shape index (κ2) is 11.6. The van der Waals surface area contributed by atoms with E-state index in [1.165, 1.54) is 30.3 Å². The number of halogens is 1. The molecule has 0 radical (unpaired) electrons. The third-order valence-electron chi connectivity index (χ3n) is 4.98. The molecule has 5 heteroatoms. The minimum Gasteiger partial charge on any atom is -0.423 e. The van der Waals surface area contributed by atoms with Gasteiger partial charge in [0.1, 0.15) is 17.3 Å². The number of hydrogen-bond acceptors (Lipinski definition) is 4. The molecule has 0 aromatic heterocycles. The van der Waals surface area contributed by atoms with Crippen LogP contribution in [0.5, 0.6) is 11.5 Å². The molecule has 0 unspecified atom stereocenters. The zero-order chi connectivity index (χ0) is 23.6. The Morgan fingerprint density at radius 2 is 1.24 bits per heavy atom. The molecular weight excluding hydrogens is 419 g/mol. The molecule has 0 fully saturated rings. The SMILES string of the molecule is C=CCCc1ccc(OC(=O)c2ccc(OC(=O)c3ccc(CCC=C)c(F)c3)cc2)cc1. The maximum atomic E-state index is 14.2. The van der Waals surface area contributed by atoms with Gasteiger partial charge in [0.15, 0.2) is 0 Å². The Balaban J connectivity index is 1.58. The number of aryl methyl sites for hydroxylation is 2. The Morgan fingerprint density at radius 3 is 1.82 bits per heavy atom. The number of esters is 2. The second-order valence-electron chi connectivity index (χ2n) is 7.41. The van der Waals surface area contributed by atoms with Crippen LogP contribution in [0.2, 0.25) is 0 Å². The van der Waals surface area contributed by atoms with Gasteiger partial charge in [-0.15, -0.1) is 13.2 Å². The zero-order valence-corrected chi connectivity index (χ0v) is 18.3. The molecule has 0 bridgehead atoms. The highest BCUT2D eigenvalue weighted by Gasteiger charge is 2.13. The molecule has 0 N–H and O–H groups in total. The van der Waals surface area contributed by atoms with E-state index in [9.17, 15) is 14.0 Å². The maximum Gasteiger partial charge on any atom is 0.343 e. The molecule has 0 aliphatic rings. The summed E-state index contributed by atoms with van der Waals surface area (Å²) in [5.74, 6) is -0.992. The Morgan fingerprint density at radius 1 is 0.727 bits per heavy atom. The molecule has 0 saturated carbocycles. The lowest BCUT2D eigenvalue weighted by Gasteiger charge is -2.08. The Hall–Kier alpha value is -3.99. The predicted molar refractivity (Wildman–Crippen MR) is 126 cm³/mol. The van der Waals surface area contributed by atoms with Crippen LogP contribution in [-0.2, 0) is 12.8 Å². The molecule has 3 aromatic carbocycles. The van der Waals surface area contributed by atoms with Crippen molar-refractivity contribution in [1.29, 1.82) is 0 Å². The molecule has 3 aromatic rings. The molecule has 0 atom stereocenters. The first kappa shape index (κ1) is 23.7. The first-order valence-electron chi connectivity index (χ1n) is 10.6. The van der Waals surface area contributed by atoms with Crippen LogP contribution < -0.4 is 9.47 Å². The fourth-order valence-electron chi connectivity index (χ4n) is 3.12. The van der Waals surface area contributed by atoms with Gasteiger partial charge in [0.05, 0.1) is 11.1 Å². The molecule has 0 aliphatic heterocycles. The van der Waals surface area contributed by atoms with Crippen molar-refractivity contribution in [3.8, 4) is 11.5 Å². The number of ether oxygens (including phenoxy) is 2. The number of hydrogen-bond donors (Lipinski definition) is 0. The number of carbonyl (C=O) groups is 2. The molecule has 0 spiro atoms. The van der Waals surface area contributed by atoms with Crippen LogP contribution in [0.4, 0.5) is 4.39 Å². The number of rotatable bonds is 10. The van der Waals surface area contributed by atoms with Gasteiger partial charge in [-0.1, -0.05) is 30.4 Å². The third kappa shape index (κ3) is 6.74. The van der Waals surface area contributed by atoms with Gasteiger partial charge < -0.3 is 9.47 Å². The van der Waals surface area contributed by atoms with E-state index in [0.717, 1.165) is 24.5 Å². The van der Waals surface area contributed by atoms with Crippen LogP contribution in [-0.4, -0.2) is 11.9 Å². The maximum absolute atomic E-state index is 14.2. The molecule has 168 valence electrons. The van der Waals surface area contributed by atoms with E-state index in [1.54, 1.807) is 24.3 Å². The normalized spacial score (nSPS) is 10.3. The van der Waals surface area contributed by atoms with Crippen LogP contribution in [0.1, 0.15) is 44.7 Å². The van der Waals surface area contributed by atoms with Crippen LogP contribution in [0.3, 0.4) is 0 Å². The predicted octanol–water partition coefficient (Wildman–Crippen LogP) is 6.50. The summed E-state index contributed by atoms with van der Waals surface area (Å²) < 4.78 is 24.9. The average Bonchev–Trinajstić information content (AvgIpc) is 2.83. The van der Waals surface area contributed by atoms with Gasteiger partial charge >= 0.3 is 11.9 Å². The summed E-state index contributed by atoms with van der Waals surface area (Å²) in [6, 6.07) is 17.5. The second-order valence-corrected chi connectivity index (χ2v) is 7.41. The lowest BCUT2D eigenvalue weighted by Crippen LogP contribution is -2.11. The van der Waals surface area contributed by atoms with E-state index in [-0.39, 0.29) is 11.3 Å². The number of carbonyl (C=O) groups excluding carboxylic acids is 2. The summed E-state index contributed by atoms with van der Waals surface area (Å²) in [6.45, 7) is 7.32. The van der Waals surface area contributed by atoms with Gasteiger partial charge in [0.25, 0.3) is 0 Å². The Kier molecular flexibility index (Phi) is 8.30.